The van der Waals surface area contributed by atoms with E-state index in [1.165, 1.54) is 4.90 Å². The number of nitrogens with zero attached hydrogens (tertiary/aromatic N) is 7. The third kappa shape index (κ3) is 3.90. The number of aromatic nitrogens is 3. The number of hydrogen-bond donors (Lipinski definition) is 1. The summed E-state index contributed by atoms with van der Waals surface area (Å²) in [6, 6.07) is 15.7. The Bertz CT molecular complexity index is 1600. The second-order valence-corrected chi connectivity index (χ2v) is 8.93. The number of halogens is 1. The Morgan fingerprint density at radius 3 is 2.69 bits per heavy atom. The lowest BCUT2D eigenvalue weighted by atomic mass is 9.95. The normalized spacial score (nSPS) is 15.6. The number of nitriles is 2. The summed E-state index contributed by atoms with van der Waals surface area (Å²) in [5.74, 6) is 0.461. The van der Waals surface area contributed by atoms with Crippen LogP contribution in [0.15, 0.2) is 42.6 Å². The molecule has 3 heterocycles. The summed E-state index contributed by atoms with van der Waals surface area (Å²) in [5.41, 5.74) is 3.05. The minimum Gasteiger partial charge on any atom is -0.465 e. The van der Waals surface area contributed by atoms with Gasteiger partial charge in [-0.2, -0.15) is 15.5 Å². The SMILES string of the molecule is Cc1cccc2cccc(-c3ncc4c(N5CCN(C(=O)O)[C@@H](CC#N)C5)nc(Cl)nc4c3C#N)c12. The Labute approximate surface area is 211 Å². The maximum atomic E-state index is 11.6. The molecule has 178 valence electrons. The molecule has 1 N–H and O–H groups in total. The van der Waals surface area contributed by atoms with Crippen molar-refractivity contribution in [1.29, 1.82) is 10.5 Å². The highest BCUT2D eigenvalue weighted by Gasteiger charge is 2.32. The fourth-order valence-corrected chi connectivity index (χ4v) is 5.07. The lowest BCUT2D eigenvalue weighted by molar-refractivity contribution is 0.119. The van der Waals surface area contributed by atoms with Crippen molar-refractivity contribution in [2.24, 2.45) is 0 Å². The van der Waals surface area contributed by atoms with Crippen molar-refractivity contribution in [3.63, 3.8) is 0 Å². The first kappa shape index (κ1) is 23.3. The van der Waals surface area contributed by atoms with Gasteiger partial charge in [-0.15, -0.1) is 0 Å². The maximum Gasteiger partial charge on any atom is 0.407 e. The second-order valence-electron chi connectivity index (χ2n) is 8.59. The van der Waals surface area contributed by atoms with Crippen LogP contribution < -0.4 is 4.90 Å². The Balaban J connectivity index is 1.67. The van der Waals surface area contributed by atoms with Crippen molar-refractivity contribution in [3.05, 3.63) is 59.0 Å². The van der Waals surface area contributed by atoms with Crippen molar-refractivity contribution < 1.29 is 9.90 Å². The number of aryl methyl sites for hydroxylation is 1. The van der Waals surface area contributed by atoms with Crippen LogP contribution in [0.2, 0.25) is 5.28 Å². The van der Waals surface area contributed by atoms with Crippen LogP contribution in [0.25, 0.3) is 32.9 Å². The van der Waals surface area contributed by atoms with Crippen molar-refractivity contribution in [3.8, 4) is 23.4 Å². The van der Waals surface area contributed by atoms with E-state index in [9.17, 15) is 20.4 Å². The van der Waals surface area contributed by atoms with Gasteiger partial charge in [0.1, 0.15) is 17.5 Å². The quantitative estimate of drug-likeness (QED) is 0.401. The van der Waals surface area contributed by atoms with E-state index in [1.807, 2.05) is 48.2 Å². The molecule has 0 spiro atoms. The third-order valence-electron chi connectivity index (χ3n) is 6.53. The first-order chi connectivity index (χ1) is 17.4. The van der Waals surface area contributed by atoms with E-state index in [0.29, 0.717) is 29.0 Å². The van der Waals surface area contributed by atoms with Crippen LogP contribution in [0.1, 0.15) is 17.5 Å². The molecule has 1 saturated heterocycles. The number of carboxylic acid groups (broad SMARTS) is 1. The molecule has 1 aliphatic heterocycles. The van der Waals surface area contributed by atoms with Gasteiger partial charge in [0.2, 0.25) is 5.28 Å². The fraction of sp³-hybridized carbons (Fsp3) is 0.231. The summed E-state index contributed by atoms with van der Waals surface area (Å²) in [6.45, 7) is 2.83. The van der Waals surface area contributed by atoms with Crippen LogP contribution in [0.4, 0.5) is 10.6 Å². The van der Waals surface area contributed by atoms with E-state index < -0.39 is 12.1 Å². The smallest absolute Gasteiger partial charge is 0.407 e. The molecule has 2 aromatic carbocycles. The summed E-state index contributed by atoms with van der Waals surface area (Å²) in [7, 11) is 0. The van der Waals surface area contributed by atoms with E-state index in [-0.39, 0.29) is 30.4 Å². The summed E-state index contributed by atoms with van der Waals surface area (Å²) in [4.78, 5) is 28.3. The average molecular weight is 498 g/mol. The molecule has 10 heteroatoms. The number of rotatable bonds is 3. The number of pyridine rings is 1. The van der Waals surface area contributed by atoms with Crippen LogP contribution in [-0.2, 0) is 0 Å². The summed E-state index contributed by atoms with van der Waals surface area (Å²) in [6.07, 6.45) is 0.618. The van der Waals surface area contributed by atoms with Gasteiger partial charge >= 0.3 is 6.09 Å². The zero-order valence-corrected chi connectivity index (χ0v) is 20.1. The molecule has 0 radical (unpaired) electrons. The number of amides is 1. The van der Waals surface area contributed by atoms with E-state index in [0.717, 1.165) is 21.9 Å². The summed E-state index contributed by atoms with van der Waals surface area (Å²) < 4.78 is 0. The van der Waals surface area contributed by atoms with Crippen molar-refractivity contribution >= 4 is 45.2 Å². The monoisotopic (exact) mass is 497 g/mol. The van der Waals surface area contributed by atoms with Crippen molar-refractivity contribution in [2.75, 3.05) is 24.5 Å². The van der Waals surface area contributed by atoms with Crippen LogP contribution in [-0.4, -0.2) is 56.7 Å². The molecular formula is C26H20ClN7O2. The fourth-order valence-electron chi connectivity index (χ4n) is 4.90. The van der Waals surface area contributed by atoms with Crippen LogP contribution in [0, 0.1) is 29.6 Å². The average Bonchev–Trinajstić information content (AvgIpc) is 2.87. The Hall–Kier alpha value is -4.47. The largest absolute Gasteiger partial charge is 0.465 e. The van der Waals surface area contributed by atoms with Gasteiger partial charge in [-0.05, 0) is 34.9 Å². The number of hydrogen-bond acceptors (Lipinski definition) is 7. The second kappa shape index (κ2) is 9.29. The highest BCUT2D eigenvalue weighted by molar-refractivity contribution is 6.29. The van der Waals surface area contributed by atoms with Gasteiger partial charge in [0.15, 0.2) is 0 Å². The molecule has 4 aromatic rings. The van der Waals surface area contributed by atoms with E-state index in [1.54, 1.807) is 6.20 Å². The molecule has 36 heavy (non-hydrogen) atoms. The topological polar surface area (TPSA) is 130 Å². The van der Waals surface area contributed by atoms with Crippen molar-refractivity contribution in [1.82, 2.24) is 19.9 Å². The molecule has 5 rings (SSSR count). The van der Waals surface area contributed by atoms with Crippen molar-refractivity contribution in [2.45, 2.75) is 19.4 Å². The van der Waals surface area contributed by atoms with Gasteiger partial charge in [0, 0.05) is 31.4 Å². The molecule has 2 aromatic heterocycles. The summed E-state index contributed by atoms with van der Waals surface area (Å²) in [5, 5.41) is 31.5. The molecule has 1 fully saturated rings. The first-order valence-corrected chi connectivity index (χ1v) is 11.7. The summed E-state index contributed by atoms with van der Waals surface area (Å²) >= 11 is 6.33. The van der Waals surface area contributed by atoms with Gasteiger partial charge in [0.05, 0.1) is 35.1 Å². The first-order valence-electron chi connectivity index (χ1n) is 11.3. The number of piperazine rings is 1. The van der Waals surface area contributed by atoms with Gasteiger partial charge in [-0.25, -0.2) is 9.78 Å². The van der Waals surface area contributed by atoms with E-state index in [2.05, 4.69) is 22.1 Å². The zero-order valence-electron chi connectivity index (χ0n) is 19.3. The predicted molar refractivity (Wildman–Crippen MR) is 136 cm³/mol. The number of carbonyl (C=O) groups is 1. The Kier molecular flexibility index (Phi) is 6.01. The number of fused-ring (bicyclic) bond motifs is 2. The van der Waals surface area contributed by atoms with Gasteiger partial charge < -0.3 is 14.9 Å². The molecule has 0 saturated carbocycles. The lowest BCUT2D eigenvalue weighted by Gasteiger charge is -2.39. The van der Waals surface area contributed by atoms with E-state index >= 15 is 0 Å². The minimum atomic E-state index is -1.07. The van der Waals surface area contributed by atoms with Crippen LogP contribution in [0.3, 0.4) is 0 Å². The Morgan fingerprint density at radius 1 is 1.19 bits per heavy atom. The molecule has 0 aliphatic carbocycles. The third-order valence-corrected chi connectivity index (χ3v) is 6.70. The molecular weight excluding hydrogens is 478 g/mol. The van der Waals surface area contributed by atoms with Crippen LogP contribution >= 0.6 is 11.6 Å². The molecule has 1 amide bonds. The molecule has 0 bridgehead atoms. The predicted octanol–water partition coefficient (Wildman–Crippen LogP) is 4.76. The molecule has 1 atom stereocenters. The molecule has 0 unspecified atom stereocenters. The Morgan fingerprint density at radius 2 is 1.97 bits per heavy atom. The highest BCUT2D eigenvalue weighted by atomic mass is 35.5. The highest BCUT2D eigenvalue weighted by Crippen LogP contribution is 2.36. The van der Waals surface area contributed by atoms with E-state index in [4.69, 9.17) is 16.6 Å². The number of anilines is 1. The molecule has 1 aliphatic rings. The maximum absolute atomic E-state index is 11.6. The lowest BCUT2D eigenvalue weighted by Crippen LogP contribution is -2.55. The number of benzene rings is 2. The van der Waals surface area contributed by atoms with Crippen LogP contribution in [0.5, 0.6) is 0 Å². The zero-order chi connectivity index (χ0) is 25.4. The van der Waals surface area contributed by atoms with Gasteiger partial charge in [-0.3, -0.25) is 4.98 Å². The molecule has 9 nitrogen and oxygen atoms in total. The van der Waals surface area contributed by atoms with Gasteiger partial charge in [-0.1, -0.05) is 36.4 Å². The standard InChI is InChI=1S/C26H20ClN7O2/c1-15-4-2-5-16-6-3-7-18(21(15)16)22-19(12-29)23-20(13-30-22)24(32-25(27)31-23)33-10-11-34(26(35)36)17(14-33)8-9-28/h2-7,13,17H,8,10-11,14H2,1H3,(H,35,36)/t17-/m0/s1. The van der Waals surface area contributed by atoms with Gasteiger partial charge in [0.25, 0.3) is 0 Å². The minimum absolute atomic E-state index is 0.0299.